The third kappa shape index (κ3) is 3.16. The first kappa shape index (κ1) is 12.8. The molecule has 1 heterocycles. The average molecular weight is 270 g/mol. The van der Waals surface area contributed by atoms with Crippen LogP contribution in [-0.2, 0) is 6.18 Å². The molecule has 0 aliphatic carbocycles. The minimum absolute atomic E-state index is 0.340. The Balaban J connectivity index is 2.25. The van der Waals surface area contributed by atoms with Crippen molar-refractivity contribution in [3.8, 4) is 0 Å². The van der Waals surface area contributed by atoms with Crippen molar-refractivity contribution in [3.63, 3.8) is 0 Å². The highest BCUT2D eigenvalue weighted by Crippen LogP contribution is 2.34. The highest BCUT2D eigenvalue weighted by molar-refractivity contribution is 7.99. The first-order valence-corrected chi connectivity index (χ1v) is 5.83. The molecule has 94 valence electrons. The van der Waals surface area contributed by atoms with Gasteiger partial charge in [0.2, 0.25) is 0 Å². The van der Waals surface area contributed by atoms with Gasteiger partial charge in [-0.2, -0.15) is 13.2 Å². The fraction of sp³-hybridized carbons (Fsp3) is 0.0833. The monoisotopic (exact) mass is 270 g/mol. The van der Waals surface area contributed by atoms with Gasteiger partial charge in [0.15, 0.2) is 0 Å². The van der Waals surface area contributed by atoms with E-state index in [2.05, 4.69) is 4.98 Å². The number of hydrogen-bond acceptors (Lipinski definition) is 3. The standard InChI is InChI=1S/C12H9F3N2S/c13-12(14,15)8-2-1-3-9(6-8)18-10-4-5-17-11(16)7-10/h1-7H,(H2,16,17). The maximum absolute atomic E-state index is 12.5. The van der Waals surface area contributed by atoms with Crippen molar-refractivity contribution in [3.05, 3.63) is 48.2 Å². The number of rotatable bonds is 2. The van der Waals surface area contributed by atoms with E-state index in [-0.39, 0.29) is 0 Å². The molecule has 18 heavy (non-hydrogen) atoms. The highest BCUT2D eigenvalue weighted by atomic mass is 32.2. The smallest absolute Gasteiger partial charge is 0.384 e. The summed E-state index contributed by atoms with van der Waals surface area (Å²) in [5.74, 6) is 0.340. The van der Waals surface area contributed by atoms with Gasteiger partial charge in [0.25, 0.3) is 0 Å². The number of nitrogens with zero attached hydrogens (tertiary/aromatic N) is 1. The number of aromatic nitrogens is 1. The van der Waals surface area contributed by atoms with Crippen LogP contribution in [0.2, 0.25) is 0 Å². The Kier molecular flexibility index (Phi) is 3.47. The Hall–Kier alpha value is -1.69. The zero-order chi connectivity index (χ0) is 13.2. The number of anilines is 1. The van der Waals surface area contributed by atoms with Crippen LogP contribution in [0.15, 0.2) is 52.4 Å². The zero-order valence-electron chi connectivity index (χ0n) is 9.11. The lowest BCUT2D eigenvalue weighted by Gasteiger charge is -2.08. The summed E-state index contributed by atoms with van der Waals surface area (Å²) in [5, 5.41) is 0. The second-order valence-electron chi connectivity index (χ2n) is 3.54. The summed E-state index contributed by atoms with van der Waals surface area (Å²) in [5.41, 5.74) is 4.85. The number of nitrogen functional groups attached to an aromatic ring is 1. The van der Waals surface area contributed by atoms with Crippen LogP contribution in [-0.4, -0.2) is 4.98 Å². The van der Waals surface area contributed by atoms with Crippen LogP contribution in [0.25, 0.3) is 0 Å². The Morgan fingerprint density at radius 2 is 1.78 bits per heavy atom. The van der Waals surface area contributed by atoms with Crippen molar-refractivity contribution in [1.29, 1.82) is 0 Å². The van der Waals surface area contributed by atoms with E-state index in [0.29, 0.717) is 10.7 Å². The molecule has 2 rings (SSSR count). The van der Waals surface area contributed by atoms with E-state index in [4.69, 9.17) is 5.73 Å². The summed E-state index contributed by atoms with van der Waals surface area (Å²) in [4.78, 5) is 5.08. The summed E-state index contributed by atoms with van der Waals surface area (Å²) in [7, 11) is 0. The third-order valence-electron chi connectivity index (χ3n) is 2.15. The largest absolute Gasteiger partial charge is 0.416 e. The number of alkyl halides is 3. The molecule has 6 heteroatoms. The van der Waals surface area contributed by atoms with Crippen LogP contribution >= 0.6 is 11.8 Å². The van der Waals surface area contributed by atoms with Gasteiger partial charge in [-0.1, -0.05) is 17.8 Å². The second kappa shape index (κ2) is 4.89. The molecule has 0 saturated carbocycles. The molecule has 1 aromatic carbocycles. The molecule has 0 unspecified atom stereocenters. The highest BCUT2D eigenvalue weighted by Gasteiger charge is 2.30. The molecule has 0 spiro atoms. The summed E-state index contributed by atoms with van der Waals surface area (Å²) >= 11 is 1.21. The van der Waals surface area contributed by atoms with Crippen LogP contribution in [0.5, 0.6) is 0 Å². The normalized spacial score (nSPS) is 11.5. The molecular formula is C12H9F3N2S. The number of halogens is 3. The zero-order valence-corrected chi connectivity index (χ0v) is 9.92. The van der Waals surface area contributed by atoms with Crippen LogP contribution < -0.4 is 5.73 Å². The maximum atomic E-state index is 12.5. The van der Waals surface area contributed by atoms with E-state index in [1.165, 1.54) is 24.0 Å². The minimum Gasteiger partial charge on any atom is -0.384 e. The summed E-state index contributed by atoms with van der Waals surface area (Å²) < 4.78 is 37.6. The number of hydrogen-bond donors (Lipinski definition) is 1. The molecule has 2 nitrogen and oxygen atoms in total. The van der Waals surface area contributed by atoms with Gasteiger partial charge in [-0.3, -0.25) is 0 Å². The fourth-order valence-corrected chi connectivity index (χ4v) is 2.28. The average Bonchev–Trinajstić information content (AvgIpc) is 2.28. The van der Waals surface area contributed by atoms with Crippen molar-refractivity contribution in [2.45, 2.75) is 16.0 Å². The van der Waals surface area contributed by atoms with Gasteiger partial charge in [0.05, 0.1) is 5.56 Å². The molecule has 0 atom stereocenters. The molecule has 0 aliphatic heterocycles. The fourth-order valence-electron chi connectivity index (χ4n) is 1.36. The molecule has 0 radical (unpaired) electrons. The molecule has 1 aromatic heterocycles. The van der Waals surface area contributed by atoms with Gasteiger partial charge in [-0.05, 0) is 30.3 Å². The number of nitrogens with two attached hydrogens (primary N) is 1. The maximum Gasteiger partial charge on any atom is 0.416 e. The van der Waals surface area contributed by atoms with Gasteiger partial charge in [0.1, 0.15) is 5.82 Å². The van der Waals surface area contributed by atoms with Gasteiger partial charge in [0, 0.05) is 16.0 Å². The van der Waals surface area contributed by atoms with Crippen molar-refractivity contribution < 1.29 is 13.2 Å². The molecule has 0 bridgehead atoms. The van der Waals surface area contributed by atoms with E-state index in [1.54, 1.807) is 18.2 Å². The molecule has 0 fully saturated rings. The Morgan fingerprint density at radius 1 is 1.06 bits per heavy atom. The number of benzene rings is 1. The molecule has 2 N–H and O–H groups in total. The lowest BCUT2D eigenvalue weighted by Crippen LogP contribution is -2.04. The Bertz CT molecular complexity index is 555. The third-order valence-corrected chi connectivity index (χ3v) is 3.13. The lowest BCUT2D eigenvalue weighted by atomic mass is 10.2. The van der Waals surface area contributed by atoms with Crippen LogP contribution in [0.1, 0.15) is 5.56 Å². The van der Waals surface area contributed by atoms with Crippen LogP contribution in [0, 0.1) is 0 Å². The summed E-state index contributed by atoms with van der Waals surface area (Å²) in [6, 6.07) is 8.48. The van der Waals surface area contributed by atoms with Gasteiger partial charge >= 0.3 is 6.18 Å². The van der Waals surface area contributed by atoms with E-state index >= 15 is 0 Å². The van der Waals surface area contributed by atoms with Crippen molar-refractivity contribution in [1.82, 2.24) is 4.98 Å². The quantitative estimate of drug-likeness (QED) is 0.901. The molecule has 0 amide bonds. The second-order valence-corrected chi connectivity index (χ2v) is 4.69. The van der Waals surface area contributed by atoms with Gasteiger partial charge in [-0.15, -0.1) is 0 Å². The molecule has 0 saturated heterocycles. The van der Waals surface area contributed by atoms with Crippen molar-refractivity contribution in [2.24, 2.45) is 0 Å². The lowest BCUT2D eigenvalue weighted by molar-refractivity contribution is -0.137. The van der Waals surface area contributed by atoms with Crippen LogP contribution in [0.4, 0.5) is 19.0 Å². The van der Waals surface area contributed by atoms with Gasteiger partial charge in [-0.25, -0.2) is 4.98 Å². The number of pyridine rings is 1. The summed E-state index contributed by atoms with van der Waals surface area (Å²) in [6.07, 6.45) is -2.81. The van der Waals surface area contributed by atoms with E-state index in [0.717, 1.165) is 17.0 Å². The Morgan fingerprint density at radius 3 is 2.44 bits per heavy atom. The first-order valence-electron chi connectivity index (χ1n) is 5.02. The van der Waals surface area contributed by atoms with E-state index in [9.17, 15) is 13.2 Å². The predicted octanol–water partition coefficient (Wildman–Crippen LogP) is 3.83. The van der Waals surface area contributed by atoms with E-state index in [1.807, 2.05) is 0 Å². The first-order chi connectivity index (χ1) is 8.45. The summed E-state index contributed by atoms with van der Waals surface area (Å²) in [6.45, 7) is 0. The molecular weight excluding hydrogens is 261 g/mol. The van der Waals surface area contributed by atoms with Crippen molar-refractivity contribution in [2.75, 3.05) is 5.73 Å². The van der Waals surface area contributed by atoms with Gasteiger partial charge < -0.3 is 5.73 Å². The topological polar surface area (TPSA) is 38.9 Å². The van der Waals surface area contributed by atoms with E-state index < -0.39 is 11.7 Å². The minimum atomic E-state index is -4.33. The van der Waals surface area contributed by atoms with Crippen LogP contribution in [0.3, 0.4) is 0 Å². The van der Waals surface area contributed by atoms with Crippen molar-refractivity contribution >= 4 is 17.6 Å². The predicted molar refractivity (Wildman–Crippen MR) is 64.2 cm³/mol. The molecule has 0 aliphatic rings. The molecule has 2 aromatic rings. The SMILES string of the molecule is Nc1cc(Sc2cccc(C(F)(F)F)c2)ccn1. The Labute approximate surface area is 106 Å².